The third kappa shape index (κ3) is 3.49. The van der Waals surface area contributed by atoms with E-state index in [0.29, 0.717) is 46.3 Å². The molecular formula is C14H15Cl2N3O2S2. The third-order valence-electron chi connectivity index (χ3n) is 3.64. The number of hydrogen-bond donors (Lipinski definition) is 0. The van der Waals surface area contributed by atoms with E-state index >= 15 is 0 Å². The van der Waals surface area contributed by atoms with Crippen molar-refractivity contribution in [1.82, 2.24) is 9.29 Å². The van der Waals surface area contributed by atoms with E-state index in [4.69, 9.17) is 23.2 Å². The van der Waals surface area contributed by atoms with Crippen molar-refractivity contribution in [3.05, 3.63) is 39.3 Å². The Bertz CT molecular complexity index is 815. The highest BCUT2D eigenvalue weighted by Gasteiger charge is 2.30. The molecule has 0 spiro atoms. The van der Waals surface area contributed by atoms with Crippen molar-refractivity contribution < 1.29 is 8.42 Å². The number of rotatable bonds is 3. The van der Waals surface area contributed by atoms with Crippen molar-refractivity contribution in [2.45, 2.75) is 11.1 Å². The fourth-order valence-corrected chi connectivity index (χ4v) is 5.82. The molecule has 0 N–H and O–H groups in total. The fraction of sp³-hybridized carbons (Fsp3) is 0.357. The summed E-state index contributed by atoms with van der Waals surface area (Å²) in [4.78, 5) is 7.21. The number of hydrogen-bond acceptors (Lipinski definition) is 5. The molecule has 0 saturated carbocycles. The number of aromatic nitrogens is 1. The quantitative estimate of drug-likeness (QED) is 0.805. The zero-order valence-corrected chi connectivity index (χ0v) is 15.5. The minimum atomic E-state index is -3.41. The Morgan fingerprint density at radius 2 is 1.87 bits per heavy atom. The van der Waals surface area contributed by atoms with E-state index in [9.17, 15) is 8.42 Å². The number of anilines is 1. The smallest absolute Gasteiger partial charge is 0.252 e. The van der Waals surface area contributed by atoms with Crippen LogP contribution in [0.4, 0.5) is 5.82 Å². The van der Waals surface area contributed by atoms with Crippen LogP contribution in [0.25, 0.3) is 0 Å². The second kappa shape index (κ2) is 6.57. The van der Waals surface area contributed by atoms with Gasteiger partial charge >= 0.3 is 0 Å². The molecule has 0 bridgehead atoms. The van der Waals surface area contributed by atoms with Crippen LogP contribution in [0.2, 0.25) is 10.0 Å². The van der Waals surface area contributed by atoms with Gasteiger partial charge in [0.15, 0.2) is 0 Å². The molecule has 0 aromatic carbocycles. The lowest BCUT2D eigenvalue weighted by atomic mass is 10.3. The highest BCUT2D eigenvalue weighted by Crippen LogP contribution is 2.29. The molecule has 23 heavy (non-hydrogen) atoms. The first-order valence-corrected chi connectivity index (χ1v) is 10.0. The number of piperazine rings is 1. The number of pyridine rings is 1. The standard InChI is InChI=1S/C14H15Cl2N3O2S2/c1-10-2-3-13(22-10)23(20,21)19-6-4-18(5-7-19)14-12(16)8-11(15)9-17-14/h2-3,8-9H,4-7H2,1H3. The van der Waals surface area contributed by atoms with E-state index in [2.05, 4.69) is 4.98 Å². The van der Waals surface area contributed by atoms with Crippen LogP contribution < -0.4 is 4.90 Å². The van der Waals surface area contributed by atoms with Gasteiger partial charge in [0.05, 0.1) is 10.0 Å². The van der Waals surface area contributed by atoms with Gasteiger partial charge in [-0.15, -0.1) is 11.3 Å². The first-order chi connectivity index (χ1) is 10.9. The predicted octanol–water partition coefficient (Wildman–Crippen LogP) is 3.27. The molecule has 124 valence electrons. The van der Waals surface area contributed by atoms with Crippen molar-refractivity contribution in [2.75, 3.05) is 31.1 Å². The topological polar surface area (TPSA) is 53.5 Å². The van der Waals surface area contributed by atoms with Crippen LogP contribution in [0.15, 0.2) is 28.6 Å². The van der Waals surface area contributed by atoms with Crippen LogP contribution in [0.3, 0.4) is 0 Å². The third-order valence-corrected chi connectivity index (χ3v) is 7.49. The molecule has 1 saturated heterocycles. The molecule has 0 atom stereocenters. The van der Waals surface area contributed by atoms with Gasteiger partial charge in [-0.05, 0) is 25.1 Å². The molecule has 3 heterocycles. The van der Waals surface area contributed by atoms with Crippen LogP contribution in [-0.4, -0.2) is 43.9 Å². The molecule has 1 aliphatic heterocycles. The number of aryl methyl sites for hydroxylation is 1. The normalized spacial score (nSPS) is 16.7. The summed E-state index contributed by atoms with van der Waals surface area (Å²) in [6.45, 7) is 3.78. The van der Waals surface area contributed by atoms with Gasteiger partial charge in [-0.2, -0.15) is 4.31 Å². The van der Waals surface area contributed by atoms with Crippen LogP contribution in [0.1, 0.15) is 4.88 Å². The molecule has 2 aromatic heterocycles. The molecule has 1 fully saturated rings. The Hall–Kier alpha value is -0.860. The lowest BCUT2D eigenvalue weighted by Crippen LogP contribution is -2.48. The van der Waals surface area contributed by atoms with Crippen LogP contribution in [0, 0.1) is 6.92 Å². The van der Waals surface area contributed by atoms with Crippen LogP contribution in [0.5, 0.6) is 0 Å². The van der Waals surface area contributed by atoms with Gasteiger partial charge in [0, 0.05) is 37.3 Å². The van der Waals surface area contributed by atoms with Gasteiger partial charge in [0.2, 0.25) is 0 Å². The Morgan fingerprint density at radius 1 is 1.17 bits per heavy atom. The maximum atomic E-state index is 12.6. The summed E-state index contributed by atoms with van der Waals surface area (Å²) in [6, 6.07) is 5.13. The number of halogens is 2. The molecular weight excluding hydrogens is 377 g/mol. The molecule has 0 radical (unpaired) electrons. The van der Waals surface area contributed by atoms with Crippen molar-refractivity contribution >= 4 is 50.4 Å². The predicted molar refractivity (Wildman–Crippen MR) is 94.3 cm³/mol. The Labute approximate surface area is 149 Å². The number of sulfonamides is 1. The first kappa shape index (κ1) is 17.0. The molecule has 0 amide bonds. The lowest BCUT2D eigenvalue weighted by Gasteiger charge is -2.34. The van der Waals surface area contributed by atoms with Gasteiger partial charge < -0.3 is 4.90 Å². The van der Waals surface area contributed by atoms with E-state index in [1.54, 1.807) is 18.3 Å². The molecule has 1 aliphatic rings. The zero-order valence-electron chi connectivity index (χ0n) is 12.4. The summed E-state index contributed by atoms with van der Waals surface area (Å²) in [5.74, 6) is 0.639. The minimum absolute atomic E-state index is 0.395. The molecule has 0 unspecified atom stereocenters. The van der Waals surface area contributed by atoms with Gasteiger partial charge in [-0.1, -0.05) is 23.2 Å². The van der Waals surface area contributed by atoms with Crippen molar-refractivity contribution in [2.24, 2.45) is 0 Å². The molecule has 2 aromatic rings. The average Bonchev–Trinajstić information content (AvgIpc) is 2.95. The van der Waals surface area contributed by atoms with E-state index in [1.807, 2.05) is 17.9 Å². The summed E-state index contributed by atoms with van der Waals surface area (Å²) in [7, 11) is -3.41. The Morgan fingerprint density at radius 3 is 2.43 bits per heavy atom. The zero-order chi connectivity index (χ0) is 16.6. The summed E-state index contributed by atoms with van der Waals surface area (Å²) in [5, 5.41) is 0.954. The van der Waals surface area contributed by atoms with E-state index in [0.717, 1.165) is 4.88 Å². The molecule has 0 aliphatic carbocycles. The second-order valence-electron chi connectivity index (χ2n) is 5.22. The van der Waals surface area contributed by atoms with Crippen molar-refractivity contribution in [3.8, 4) is 0 Å². The van der Waals surface area contributed by atoms with E-state index in [1.165, 1.54) is 15.6 Å². The van der Waals surface area contributed by atoms with Crippen LogP contribution >= 0.6 is 34.5 Å². The summed E-state index contributed by atoms with van der Waals surface area (Å²) < 4.78 is 27.1. The first-order valence-electron chi connectivity index (χ1n) is 7.00. The van der Waals surface area contributed by atoms with Gasteiger partial charge in [-0.25, -0.2) is 13.4 Å². The Balaban J connectivity index is 1.73. The van der Waals surface area contributed by atoms with Crippen molar-refractivity contribution in [3.63, 3.8) is 0 Å². The average molecular weight is 392 g/mol. The van der Waals surface area contributed by atoms with Crippen LogP contribution in [-0.2, 0) is 10.0 Å². The monoisotopic (exact) mass is 391 g/mol. The van der Waals surface area contributed by atoms with Gasteiger partial charge in [0.1, 0.15) is 10.0 Å². The number of nitrogens with zero attached hydrogens (tertiary/aromatic N) is 3. The summed E-state index contributed by atoms with van der Waals surface area (Å²) in [5.41, 5.74) is 0. The summed E-state index contributed by atoms with van der Waals surface area (Å²) >= 11 is 13.3. The highest BCUT2D eigenvalue weighted by atomic mass is 35.5. The maximum absolute atomic E-state index is 12.6. The molecule has 5 nitrogen and oxygen atoms in total. The van der Waals surface area contributed by atoms with Gasteiger partial charge in [-0.3, -0.25) is 0 Å². The largest absolute Gasteiger partial charge is 0.353 e. The number of thiophene rings is 1. The minimum Gasteiger partial charge on any atom is -0.353 e. The van der Waals surface area contributed by atoms with E-state index in [-0.39, 0.29) is 0 Å². The lowest BCUT2D eigenvalue weighted by molar-refractivity contribution is 0.385. The fourth-order valence-electron chi connectivity index (χ4n) is 2.46. The Kier molecular flexibility index (Phi) is 4.85. The maximum Gasteiger partial charge on any atom is 0.252 e. The highest BCUT2D eigenvalue weighted by molar-refractivity contribution is 7.91. The van der Waals surface area contributed by atoms with Crippen molar-refractivity contribution in [1.29, 1.82) is 0 Å². The van der Waals surface area contributed by atoms with Gasteiger partial charge in [0.25, 0.3) is 10.0 Å². The van der Waals surface area contributed by atoms with E-state index < -0.39 is 10.0 Å². The second-order valence-corrected chi connectivity index (χ2v) is 9.51. The molecule has 9 heteroatoms. The molecule has 3 rings (SSSR count). The SMILES string of the molecule is Cc1ccc(S(=O)(=O)N2CCN(c3ncc(Cl)cc3Cl)CC2)s1. The summed E-state index contributed by atoms with van der Waals surface area (Å²) in [6.07, 6.45) is 1.54.